The molecule has 26 heavy (non-hydrogen) atoms. The molecule has 2 aromatic rings. The number of likely N-dealkylation sites (tertiary alicyclic amines) is 1. The molecular weight excluding hydrogens is 355 g/mol. The average Bonchev–Trinajstić information content (AvgIpc) is 3.08. The van der Waals surface area contributed by atoms with Crippen LogP contribution in [0.3, 0.4) is 0 Å². The van der Waals surface area contributed by atoms with Gasteiger partial charge in [-0.1, -0.05) is 24.3 Å². The summed E-state index contributed by atoms with van der Waals surface area (Å²) in [7, 11) is 0. The van der Waals surface area contributed by atoms with Gasteiger partial charge >= 0.3 is 0 Å². The number of hydrogen-bond donors (Lipinski definition) is 1. The number of nitrogens with zero attached hydrogens (tertiary/aromatic N) is 3. The van der Waals surface area contributed by atoms with E-state index in [0.717, 1.165) is 17.8 Å². The van der Waals surface area contributed by atoms with Gasteiger partial charge in [-0.25, -0.2) is 4.39 Å². The number of aryl methyl sites for hydroxylation is 1. The maximum Gasteiger partial charge on any atom is 0.253 e. The number of amides is 2. The molecule has 138 valence electrons. The summed E-state index contributed by atoms with van der Waals surface area (Å²) in [5.74, 6) is -0.867. The van der Waals surface area contributed by atoms with Crippen LogP contribution in [-0.2, 0) is 11.2 Å². The lowest BCUT2D eigenvalue weighted by Crippen LogP contribution is -2.41. The lowest BCUT2D eigenvalue weighted by Gasteiger charge is -2.31. The Bertz CT molecular complexity index is 787. The second kappa shape index (κ2) is 8.35. The Kier molecular flexibility index (Phi) is 5.92. The molecule has 1 saturated heterocycles. The van der Waals surface area contributed by atoms with E-state index in [1.165, 1.54) is 29.5 Å². The third-order valence-corrected chi connectivity index (χ3v) is 5.28. The molecule has 1 aliphatic heterocycles. The van der Waals surface area contributed by atoms with Crippen molar-refractivity contribution in [3.63, 3.8) is 0 Å². The van der Waals surface area contributed by atoms with Gasteiger partial charge in [0.1, 0.15) is 10.8 Å². The van der Waals surface area contributed by atoms with Crippen molar-refractivity contribution in [1.82, 2.24) is 15.1 Å². The van der Waals surface area contributed by atoms with E-state index < -0.39 is 5.82 Å². The van der Waals surface area contributed by atoms with Gasteiger partial charge < -0.3 is 10.2 Å². The first-order chi connectivity index (χ1) is 12.6. The molecular formula is C18H21FN4O2S. The number of carbonyl (C=O) groups is 2. The lowest BCUT2D eigenvalue weighted by molar-refractivity contribution is -0.121. The fourth-order valence-electron chi connectivity index (χ4n) is 2.98. The van der Waals surface area contributed by atoms with Gasteiger partial charge in [0.05, 0.1) is 0 Å². The number of aromatic nitrogens is 2. The highest BCUT2D eigenvalue weighted by Gasteiger charge is 2.28. The lowest BCUT2D eigenvalue weighted by atomic mass is 9.95. The van der Waals surface area contributed by atoms with Crippen molar-refractivity contribution in [2.75, 3.05) is 18.4 Å². The van der Waals surface area contributed by atoms with Crippen LogP contribution in [0, 0.1) is 11.7 Å². The summed E-state index contributed by atoms with van der Waals surface area (Å²) >= 11 is 1.40. The van der Waals surface area contributed by atoms with Crippen LogP contribution in [0.25, 0.3) is 0 Å². The maximum atomic E-state index is 13.3. The predicted molar refractivity (Wildman–Crippen MR) is 97.6 cm³/mol. The summed E-state index contributed by atoms with van der Waals surface area (Å²) in [4.78, 5) is 26.5. The number of carbonyl (C=O) groups excluding carboxylic acids is 2. The normalized spacial score (nSPS) is 15.1. The number of hydrogen-bond acceptors (Lipinski definition) is 5. The second-order valence-corrected chi connectivity index (χ2v) is 7.38. The quantitative estimate of drug-likeness (QED) is 0.870. The van der Waals surface area contributed by atoms with Gasteiger partial charge in [0.15, 0.2) is 0 Å². The highest BCUT2D eigenvalue weighted by atomic mass is 32.1. The number of rotatable bonds is 5. The van der Waals surface area contributed by atoms with Gasteiger partial charge in [0.25, 0.3) is 5.91 Å². The van der Waals surface area contributed by atoms with Gasteiger partial charge in [-0.2, -0.15) is 0 Å². The van der Waals surface area contributed by atoms with Crippen LogP contribution < -0.4 is 5.32 Å². The van der Waals surface area contributed by atoms with Gasteiger partial charge in [0.2, 0.25) is 11.0 Å². The highest BCUT2D eigenvalue weighted by molar-refractivity contribution is 7.15. The molecule has 0 spiro atoms. The van der Waals surface area contributed by atoms with Crippen LogP contribution in [-0.4, -0.2) is 40.0 Å². The van der Waals surface area contributed by atoms with E-state index in [2.05, 4.69) is 22.4 Å². The Balaban J connectivity index is 1.52. The van der Waals surface area contributed by atoms with E-state index in [4.69, 9.17) is 0 Å². The van der Waals surface area contributed by atoms with Crippen molar-refractivity contribution in [3.8, 4) is 0 Å². The molecule has 0 bridgehead atoms. The van der Waals surface area contributed by atoms with E-state index in [-0.39, 0.29) is 17.7 Å². The molecule has 1 aromatic heterocycles. The standard InChI is InChI=1S/C18H21FN4O2S/c1-2-4-15-21-22-18(26-15)20-16(24)12-7-9-23(10-8-12)17(25)13-5-3-6-14(19)11-13/h3,5-6,11-12H,2,4,7-10H2,1H3,(H,20,22,24). The van der Waals surface area contributed by atoms with Crippen molar-refractivity contribution < 1.29 is 14.0 Å². The Morgan fingerprint density at radius 3 is 2.77 bits per heavy atom. The fraction of sp³-hybridized carbons (Fsp3) is 0.444. The van der Waals surface area contributed by atoms with Crippen molar-refractivity contribution in [2.24, 2.45) is 5.92 Å². The van der Waals surface area contributed by atoms with Crippen molar-refractivity contribution >= 4 is 28.3 Å². The third kappa shape index (κ3) is 4.43. The van der Waals surface area contributed by atoms with Crippen LogP contribution in [0.5, 0.6) is 0 Å². The molecule has 6 nitrogen and oxygen atoms in total. The van der Waals surface area contributed by atoms with E-state index in [1.54, 1.807) is 11.0 Å². The molecule has 0 radical (unpaired) electrons. The second-order valence-electron chi connectivity index (χ2n) is 6.32. The van der Waals surface area contributed by atoms with Crippen LogP contribution in [0.4, 0.5) is 9.52 Å². The monoisotopic (exact) mass is 376 g/mol. The van der Waals surface area contributed by atoms with Crippen LogP contribution >= 0.6 is 11.3 Å². The third-order valence-electron chi connectivity index (χ3n) is 4.39. The number of benzene rings is 1. The van der Waals surface area contributed by atoms with E-state index >= 15 is 0 Å². The molecule has 0 atom stereocenters. The van der Waals surface area contributed by atoms with E-state index in [0.29, 0.717) is 36.6 Å². The SMILES string of the molecule is CCCc1nnc(NC(=O)C2CCN(C(=O)c3cccc(F)c3)CC2)s1. The van der Waals surface area contributed by atoms with E-state index in [1.807, 2.05) is 0 Å². The molecule has 1 N–H and O–H groups in total. The van der Waals surface area contributed by atoms with E-state index in [9.17, 15) is 14.0 Å². The number of anilines is 1. The first-order valence-electron chi connectivity index (χ1n) is 8.75. The zero-order valence-electron chi connectivity index (χ0n) is 14.6. The van der Waals surface area contributed by atoms with Gasteiger partial charge in [0, 0.05) is 31.0 Å². The van der Waals surface area contributed by atoms with Gasteiger partial charge in [-0.3, -0.25) is 9.59 Å². The molecule has 0 unspecified atom stereocenters. The first-order valence-corrected chi connectivity index (χ1v) is 9.56. The molecule has 1 fully saturated rings. The molecule has 3 rings (SSSR count). The minimum Gasteiger partial charge on any atom is -0.339 e. The minimum absolute atomic E-state index is 0.0814. The molecule has 2 amide bonds. The molecule has 1 aliphatic rings. The Morgan fingerprint density at radius 2 is 2.08 bits per heavy atom. The number of nitrogens with one attached hydrogen (secondary N) is 1. The largest absolute Gasteiger partial charge is 0.339 e. The number of halogens is 1. The van der Waals surface area contributed by atoms with Crippen molar-refractivity contribution in [2.45, 2.75) is 32.6 Å². The Labute approximate surface area is 155 Å². The topological polar surface area (TPSA) is 75.2 Å². The molecule has 0 aliphatic carbocycles. The number of piperidine rings is 1. The molecule has 0 saturated carbocycles. The molecule has 8 heteroatoms. The summed E-state index contributed by atoms with van der Waals surface area (Å²) in [6.07, 6.45) is 3.00. The minimum atomic E-state index is -0.426. The van der Waals surface area contributed by atoms with Crippen LogP contribution in [0.1, 0.15) is 41.6 Å². The van der Waals surface area contributed by atoms with Crippen LogP contribution in [0.2, 0.25) is 0 Å². The fourth-order valence-corrected chi connectivity index (χ4v) is 3.82. The zero-order valence-corrected chi connectivity index (χ0v) is 15.4. The smallest absolute Gasteiger partial charge is 0.253 e. The predicted octanol–water partition coefficient (Wildman–Crippen LogP) is 3.12. The summed E-state index contributed by atoms with van der Waals surface area (Å²) in [5.41, 5.74) is 0.338. The first kappa shape index (κ1) is 18.4. The molecule has 1 aromatic carbocycles. The van der Waals surface area contributed by atoms with Crippen molar-refractivity contribution in [1.29, 1.82) is 0 Å². The summed E-state index contributed by atoms with van der Waals surface area (Å²) in [6.45, 7) is 3.02. The highest BCUT2D eigenvalue weighted by Crippen LogP contribution is 2.23. The maximum absolute atomic E-state index is 13.3. The van der Waals surface area contributed by atoms with Crippen molar-refractivity contribution in [3.05, 3.63) is 40.7 Å². The summed E-state index contributed by atoms with van der Waals surface area (Å²) in [6, 6.07) is 5.68. The van der Waals surface area contributed by atoms with Crippen LogP contribution in [0.15, 0.2) is 24.3 Å². The van der Waals surface area contributed by atoms with Gasteiger partial charge in [-0.15, -0.1) is 10.2 Å². The Morgan fingerprint density at radius 1 is 1.31 bits per heavy atom. The average molecular weight is 376 g/mol. The summed E-state index contributed by atoms with van der Waals surface area (Å²) in [5, 5.41) is 12.3. The van der Waals surface area contributed by atoms with Gasteiger partial charge in [-0.05, 0) is 37.5 Å². The molecule has 2 heterocycles. The zero-order chi connectivity index (χ0) is 18.5. The Hall–Kier alpha value is -2.35. The summed E-state index contributed by atoms with van der Waals surface area (Å²) < 4.78 is 13.3.